The topological polar surface area (TPSA) is 94.8 Å². The monoisotopic (exact) mass is 620 g/mol. The van der Waals surface area contributed by atoms with Gasteiger partial charge in [-0.05, 0) is 61.0 Å². The van der Waals surface area contributed by atoms with Crippen LogP contribution in [-0.4, -0.2) is 35.0 Å². The minimum absolute atomic E-state index is 0.0467. The Morgan fingerprint density at radius 2 is 1.75 bits per heavy atom. The number of ether oxygens (including phenoxy) is 2. The number of nitrogens with one attached hydrogen (secondary N) is 1. The molecule has 5 rings (SSSR count). The average molecular weight is 621 g/mol. The van der Waals surface area contributed by atoms with Crippen molar-refractivity contribution in [1.82, 2.24) is 9.66 Å². The zero-order valence-electron chi connectivity index (χ0n) is 23.1. The lowest BCUT2D eigenvalue weighted by Gasteiger charge is -2.15. The highest BCUT2D eigenvalue weighted by Gasteiger charge is 2.31. The summed E-state index contributed by atoms with van der Waals surface area (Å²) in [5.41, 5.74) is -0.142. The lowest BCUT2D eigenvalue weighted by Crippen LogP contribution is -2.21. The smallest absolute Gasteiger partial charge is 0.416 e. The van der Waals surface area contributed by atoms with Crippen LogP contribution in [0.2, 0.25) is 5.02 Å². The number of anilines is 1. The normalized spacial score (nSPS) is 11.6. The molecule has 0 atom stereocenters. The van der Waals surface area contributed by atoms with E-state index in [1.165, 1.54) is 24.4 Å². The molecule has 0 aliphatic rings. The molecule has 0 aliphatic carbocycles. The van der Waals surface area contributed by atoms with Gasteiger partial charge in [0.05, 0.1) is 34.3 Å². The SMILES string of the molecule is CCOc1cc(C=Nn2c(-c3cccc(C(F)(F)F)c3)nc3ccccc3c2=O)cc(Cl)c1OCC(=O)Nc1ccccc1. The first-order valence-corrected chi connectivity index (χ1v) is 13.7. The molecule has 1 heterocycles. The molecule has 0 bridgehead atoms. The summed E-state index contributed by atoms with van der Waals surface area (Å²) in [4.78, 5) is 30.3. The number of amides is 1. The third-order valence-corrected chi connectivity index (χ3v) is 6.54. The van der Waals surface area contributed by atoms with Gasteiger partial charge in [-0.1, -0.05) is 54.1 Å². The number of fused-ring (bicyclic) bond motifs is 1. The molecule has 1 amide bonds. The molecule has 8 nitrogen and oxygen atoms in total. The summed E-state index contributed by atoms with van der Waals surface area (Å²) in [7, 11) is 0. The Morgan fingerprint density at radius 3 is 2.50 bits per heavy atom. The second-order valence-electron chi connectivity index (χ2n) is 9.36. The summed E-state index contributed by atoms with van der Waals surface area (Å²) >= 11 is 6.51. The summed E-state index contributed by atoms with van der Waals surface area (Å²) in [6.07, 6.45) is -3.30. The molecule has 12 heteroatoms. The van der Waals surface area contributed by atoms with Crippen molar-refractivity contribution in [3.05, 3.63) is 117 Å². The van der Waals surface area contributed by atoms with Gasteiger partial charge in [0.1, 0.15) is 0 Å². The lowest BCUT2D eigenvalue weighted by molar-refractivity contribution is -0.137. The maximum absolute atomic E-state index is 13.5. The third-order valence-electron chi connectivity index (χ3n) is 6.26. The number of aromatic nitrogens is 2. The Morgan fingerprint density at radius 1 is 1.00 bits per heavy atom. The van der Waals surface area contributed by atoms with E-state index in [4.69, 9.17) is 21.1 Å². The number of nitrogens with zero attached hydrogens (tertiary/aromatic N) is 3. The molecule has 0 aliphatic heterocycles. The third kappa shape index (κ3) is 6.90. The largest absolute Gasteiger partial charge is 0.490 e. The lowest BCUT2D eigenvalue weighted by atomic mass is 10.1. The van der Waals surface area contributed by atoms with Gasteiger partial charge in [-0.2, -0.15) is 22.9 Å². The van der Waals surface area contributed by atoms with Crippen molar-refractivity contribution in [1.29, 1.82) is 0 Å². The Labute approximate surface area is 254 Å². The molecule has 0 spiro atoms. The van der Waals surface area contributed by atoms with Crippen molar-refractivity contribution in [3.8, 4) is 22.9 Å². The number of benzene rings is 4. The van der Waals surface area contributed by atoms with Crippen molar-refractivity contribution in [2.24, 2.45) is 5.10 Å². The minimum atomic E-state index is -4.60. The average Bonchev–Trinajstić information content (AvgIpc) is 3.00. The number of carbonyl (C=O) groups excluding carboxylic acids is 1. The van der Waals surface area contributed by atoms with Gasteiger partial charge in [0, 0.05) is 11.3 Å². The molecule has 44 heavy (non-hydrogen) atoms. The van der Waals surface area contributed by atoms with Crippen LogP contribution in [0.25, 0.3) is 22.3 Å². The minimum Gasteiger partial charge on any atom is -0.490 e. The van der Waals surface area contributed by atoms with E-state index in [9.17, 15) is 22.8 Å². The molecule has 5 aromatic rings. The Balaban J connectivity index is 1.49. The first kappa shape index (κ1) is 30.3. The molecule has 1 aromatic heterocycles. The maximum atomic E-state index is 13.5. The van der Waals surface area contributed by atoms with Gasteiger partial charge in [0.2, 0.25) is 0 Å². The standard InChI is InChI=1S/C32H24ClF3N4O4/c1-2-43-27-16-20(15-25(33)29(27)44-19-28(41)38-23-11-4-3-5-12-23)18-37-40-30(21-9-8-10-22(17-21)32(34,35)36)39-26-14-7-6-13-24(26)31(40)42/h3-18H,2,19H2,1H3,(H,38,41). The van der Waals surface area contributed by atoms with Crippen molar-refractivity contribution in [2.75, 3.05) is 18.5 Å². The van der Waals surface area contributed by atoms with Gasteiger partial charge >= 0.3 is 6.18 Å². The summed E-state index contributed by atoms with van der Waals surface area (Å²) in [5, 5.41) is 7.35. The van der Waals surface area contributed by atoms with Crippen LogP contribution in [0.15, 0.2) is 101 Å². The molecule has 1 N–H and O–H groups in total. The summed E-state index contributed by atoms with van der Waals surface area (Å²) in [5.74, 6) is -0.152. The van der Waals surface area contributed by atoms with Gasteiger partial charge in [-0.25, -0.2) is 4.98 Å². The van der Waals surface area contributed by atoms with Gasteiger partial charge in [0.25, 0.3) is 11.5 Å². The van der Waals surface area contributed by atoms with E-state index in [1.54, 1.807) is 61.5 Å². The van der Waals surface area contributed by atoms with Crippen molar-refractivity contribution < 1.29 is 27.4 Å². The first-order chi connectivity index (χ1) is 21.1. The van der Waals surface area contributed by atoms with Crippen molar-refractivity contribution in [2.45, 2.75) is 13.1 Å². The summed E-state index contributed by atoms with van der Waals surface area (Å²) in [6, 6.07) is 22.9. The Bertz CT molecular complexity index is 1910. The van der Waals surface area contributed by atoms with E-state index >= 15 is 0 Å². The predicted octanol–water partition coefficient (Wildman–Crippen LogP) is 7.03. The van der Waals surface area contributed by atoms with E-state index in [0.29, 0.717) is 16.8 Å². The fraction of sp³-hybridized carbons (Fsp3) is 0.125. The van der Waals surface area contributed by atoms with Gasteiger partial charge in [0.15, 0.2) is 23.9 Å². The Kier molecular flexibility index (Phi) is 8.96. The van der Waals surface area contributed by atoms with E-state index in [2.05, 4.69) is 15.4 Å². The quantitative estimate of drug-likeness (QED) is 0.179. The van der Waals surface area contributed by atoms with Crippen LogP contribution in [0, 0.1) is 0 Å². The molecule has 0 fully saturated rings. The molecule has 224 valence electrons. The highest BCUT2D eigenvalue weighted by Crippen LogP contribution is 2.36. The second kappa shape index (κ2) is 13.0. The van der Waals surface area contributed by atoms with Gasteiger partial charge in [-0.15, -0.1) is 0 Å². The number of carbonyl (C=O) groups is 1. The van der Waals surface area contributed by atoms with Gasteiger partial charge < -0.3 is 14.8 Å². The van der Waals surface area contributed by atoms with Crippen LogP contribution in [-0.2, 0) is 11.0 Å². The number of halogens is 4. The van der Waals surface area contributed by atoms with E-state index < -0.39 is 23.2 Å². The molecular weight excluding hydrogens is 597 g/mol. The number of para-hydroxylation sites is 2. The van der Waals surface area contributed by atoms with Crippen LogP contribution < -0.4 is 20.3 Å². The summed E-state index contributed by atoms with van der Waals surface area (Å²) < 4.78 is 52.7. The van der Waals surface area contributed by atoms with Gasteiger partial charge in [-0.3, -0.25) is 9.59 Å². The van der Waals surface area contributed by atoms with Crippen LogP contribution >= 0.6 is 11.6 Å². The van der Waals surface area contributed by atoms with E-state index in [-0.39, 0.29) is 46.5 Å². The van der Waals surface area contributed by atoms with Crippen LogP contribution in [0.3, 0.4) is 0 Å². The zero-order chi connectivity index (χ0) is 31.3. The van der Waals surface area contributed by atoms with Crippen LogP contribution in [0.5, 0.6) is 11.5 Å². The van der Waals surface area contributed by atoms with Crippen LogP contribution in [0.4, 0.5) is 18.9 Å². The first-order valence-electron chi connectivity index (χ1n) is 13.3. The highest BCUT2D eigenvalue weighted by molar-refractivity contribution is 6.32. The molecule has 0 radical (unpaired) electrons. The molecule has 0 saturated carbocycles. The van der Waals surface area contributed by atoms with E-state index in [0.717, 1.165) is 16.8 Å². The second-order valence-corrected chi connectivity index (χ2v) is 9.77. The zero-order valence-corrected chi connectivity index (χ0v) is 23.9. The number of alkyl halides is 3. The van der Waals surface area contributed by atoms with Crippen molar-refractivity contribution >= 4 is 40.3 Å². The molecule has 4 aromatic carbocycles. The predicted molar refractivity (Wildman–Crippen MR) is 163 cm³/mol. The molecule has 0 saturated heterocycles. The number of rotatable bonds is 9. The molecular formula is C32H24ClF3N4O4. The fourth-order valence-corrected chi connectivity index (χ4v) is 4.57. The van der Waals surface area contributed by atoms with Crippen LogP contribution in [0.1, 0.15) is 18.1 Å². The Hall–Kier alpha value is -5.16. The van der Waals surface area contributed by atoms with E-state index in [1.807, 2.05) is 6.07 Å². The maximum Gasteiger partial charge on any atom is 0.416 e. The number of hydrogen-bond acceptors (Lipinski definition) is 6. The van der Waals surface area contributed by atoms with Crippen molar-refractivity contribution in [3.63, 3.8) is 0 Å². The number of hydrogen-bond donors (Lipinski definition) is 1. The fourth-order valence-electron chi connectivity index (χ4n) is 4.30. The molecule has 0 unspecified atom stereocenters. The highest BCUT2D eigenvalue weighted by atomic mass is 35.5. The summed E-state index contributed by atoms with van der Waals surface area (Å²) in [6.45, 7) is 1.65.